The third-order valence-corrected chi connectivity index (χ3v) is 4.43. The number of aliphatic hydroxyl groups excluding tert-OH is 1. The lowest BCUT2D eigenvalue weighted by molar-refractivity contribution is -0.122. The first-order valence-corrected chi connectivity index (χ1v) is 9.98. The van der Waals surface area contributed by atoms with Gasteiger partial charge >= 0.3 is 0 Å². The van der Waals surface area contributed by atoms with Gasteiger partial charge in [0.05, 0.1) is 38.6 Å². The van der Waals surface area contributed by atoms with Gasteiger partial charge in [-0.05, 0) is 43.0 Å². The molecule has 6 nitrogen and oxygen atoms in total. The highest BCUT2D eigenvalue weighted by atomic mass is 16.5. The molecule has 3 N–H and O–H groups in total. The smallest absolute Gasteiger partial charge is 0.220 e. The van der Waals surface area contributed by atoms with Gasteiger partial charge < -0.3 is 25.0 Å². The Morgan fingerprint density at radius 2 is 1.76 bits per heavy atom. The Morgan fingerprint density at radius 1 is 1.03 bits per heavy atom. The standard InChI is InChI=1S/C23H31NO5/c1-18(29-14-13-25)16-28-17-21(15-20-7-10-22(26)11-8-20)24-23(27)12-9-19-5-3-2-4-6-19/h2-8,10-11,18,21,25-26H,9,12-17H2,1H3,(H,24,27)/t18-,21-/m0/s1. The number of benzene rings is 2. The van der Waals surface area contributed by atoms with Crippen molar-refractivity contribution in [1.29, 1.82) is 0 Å². The Hall–Kier alpha value is -2.41. The number of aromatic hydroxyl groups is 1. The molecule has 2 atom stereocenters. The number of nitrogens with one attached hydrogen (secondary N) is 1. The second-order valence-electron chi connectivity index (χ2n) is 7.06. The highest BCUT2D eigenvalue weighted by Gasteiger charge is 2.15. The summed E-state index contributed by atoms with van der Waals surface area (Å²) in [5.41, 5.74) is 2.13. The molecular weight excluding hydrogens is 370 g/mol. The Morgan fingerprint density at radius 3 is 2.45 bits per heavy atom. The van der Waals surface area contributed by atoms with E-state index in [4.69, 9.17) is 14.6 Å². The van der Waals surface area contributed by atoms with Crippen molar-refractivity contribution in [3.63, 3.8) is 0 Å². The van der Waals surface area contributed by atoms with Gasteiger partial charge in [-0.15, -0.1) is 0 Å². The molecule has 0 spiro atoms. The van der Waals surface area contributed by atoms with Gasteiger partial charge in [0.1, 0.15) is 5.75 Å². The maximum atomic E-state index is 12.5. The van der Waals surface area contributed by atoms with Gasteiger partial charge in [0.25, 0.3) is 0 Å². The minimum absolute atomic E-state index is 0.0224. The van der Waals surface area contributed by atoms with E-state index < -0.39 is 0 Å². The molecule has 0 aliphatic rings. The summed E-state index contributed by atoms with van der Waals surface area (Å²) in [4.78, 5) is 12.5. The van der Waals surface area contributed by atoms with Crippen molar-refractivity contribution >= 4 is 5.91 Å². The molecule has 0 fully saturated rings. The number of phenolic OH excluding ortho intramolecular Hbond substituents is 1. The highest BCUT2D eigenvalue weighted by Crippen LogP contribution is 2.12. The molecule has 2 aromatic rings. The Balaban J connectivity index is 1.86. The summed E-state index contributed by atoms with van der Waals surface area (Å²) in [7, 11) is 0. The van der Waals surface area contributed by atoms with E-state index in [-0.39, 0.29) is 37.0 Å². The average molecular weight is 402 g/mol. The van der Waals surface area contributed by atoms with Crippen LogP contribution in [0.15, 0.2) is 54.6 Å². The first kappa shape index (κ1) is 22.9. The predicted molar refractivity (Wildman–Crippen MR) is 112 cm³/mol. The Kier molecular flexibility index (Phi) is 10.2. The number of carbonyl (C=O) groups excluding carboxylic acids is 1. The molecule has 0 aliphatic carbocycles. The van der Waals surface area contributed by atoms with Crippen molar-refractivity contribution in [3.8, 4) is 5.75 Å². The number of aliphatic hydroxyl groups is 1. The molecule has 0 aliphatic heterocycles. The number of aryl methyl sites for hydroxylation is 1. The molecule has 2 aromatic carbocycles. The van der Waals surface area contributed by atoms with Crippen molar-refractivity contribution in [2.45, 2.75) is 38.3 Å². The van der Waals surface area contributed by atoms with Gasteiger partial charge in [-0.3, -0.25) is 4.79 Å². The average Bonchev–Trinajstić information content (AvgIpc) is 2.73. The molecule has 0 unspecified atom stereocenters. The second kappa shape index (κ2) is 12.9. The van der Waals surface area contributed by atoms with Gasteiger partial charge in [0, 0.05) is 6.42 Å². The number of ether oxygens (including phenoxy) is 2. The van der Waals surface area contributed by atoms with E-state index in [0.29, 0.717) is 32.5 Å². The van der Waals surface area contributed by atoms with Gasteiger partial charge in [-0.2, -0.15) is 0 Å². The van der Waals surface area contributed by atoms with Crippen LogP contribution >= 0.6 is 0 Å². The summed E-state index contributed by atoms with van der Waals surface area (Å²) < 4.78 is 11.1. The van der Waals surface area contributed by atoms with Crippen LogP contribution < -0.4 is 5.32 Å². The lowest BCUT2D eigenvalue weighted by atomic mass is 10.1. The SMILES string of the molecule is C[C@@H](COC[C@H](Cc1ccc(O)cc1)NC(=O)CCc1ccccc1)OCCO. The normalized spacial score (nSPS) is 13.0. The molecule has 29 heavy (non-hydrogen) atoms. The molecule has 0 aromatic heterocycles. The van der Waals surface area contributed by atoms with E-state index in [1.54, 1.807) is 12.1 Å². The van der Waals surface area contributed by atoms with E-state index in [2.05, 4.69) is 5.32 Å². The molecule has 2 rings (SSSR count). The number of rotatable bonds is 13. The molecule has 0 saturated heterocycles. The molecule has 6 heteroatoms. The first-order chi connectivity index (χ1) is 14.1. The quantitative estimate of drug-likeness (QED) is 0.480. The minimum Gasteiger partial charge on any atom is -0.508 e. The zero-order valence-corrected chi connectivity index (χ0v) is 16.9. The minimum atomic E-state index is -0.187. The van der Waals surface area contributed by atoms with E-state index in [0.717, 1.165) is 11.1 Å². The van der Waals surface area contributed by atoms with Gasteiger partial charge in [0.15, 0.2) is 0 Å². The van der Waals surface area contributed by atoms with Crippen molar-refractivity contribution in [2.24, 2.45) is 0 Å². The van der Waals surface area contributed by atoms with Gasteiger partial charge in [-0.25, -0.2) is 0 Å². The first-order valence-electron chi connectivity index (χ1n) is 9.98. The van der Waals surface area contributed by atoms with Crippen LogP contribution in [0.1, 0.15) is 24.5 Å². The van der Waals surface area contributed by atoms with E-state index in [1.165, 1.54) is 0 Å². The van der Waals surface area contributed by atoms with Crippen LogP contribution in [-0.4, -0.2) is 54.7 Å². The number of hydrogen-bond donors (Lipinski definition) is 3. The number of carbonyl (C=O) groups is 1. The van der Waals surface area contributed by atoms with Crippen LogP contribution in [0.4, 0.5) is 0 Å². The Labute approximate surface area is 172 Å². The predicted octanol–water partition coefficient (Wildman–Crippen LogP) is 2.47. The van der Waals surface area contributed by atoms with Crippen LogP contribution in [0.25, 0.3) is 0 Å². The fourth-order valence-corrected chi connectivity index (χ4v) is 2.95. The summed E-state index contributed by atoms with van der Waals surface area (Å²) in [6.07, 6.45) is 1.56. The molecule has 0 saturated carbocycles. The Bertz CT molecular complexity index is 705. The lowest BCUT2D eigenvalue weighted by Gasteiger charge is -2.21. The number of phenols is 1. The third kappa shape index (κ3) is 9.56. The van der Waals surface area contributed by atoms with Crippen molar-refractivity contribution in [3.05, 3.63) is 65.7 Å². The lowest BCUT2D eigenvalue weighted by Crippen LogP contribution is -2.40. The molecule has 0 bridgehead atoms. The fraction of sp³-hybridized carbons (Fsp3) is 0.435. The van der Waals surface area contributed by atoms with Crippen molar-refractivity contribution < 1.29 is 24.5 Å². The van der Waals surface area contributed by atoms with Crippen LogP contribution in [-0.2, 0) is 27.1 Å². The molecule has 158 valence electrons. The van der Waals surface area contributed by atoms with Crippen LogP contribution in [0.2, 0.25) is 0 Å². The van der Waals surface area contributed by atoms with E-state index in [1.807, 2.05) is 49.4 Å². The monoisotopic (exact) mass is 401 g/mol. The van der Waals surface area contributed by atoms with Crippen LogP contribution in [0.3, 0.4) is 0 Å². The van der Waals surface area contributed by atoms with Crippen molar-refractivity contribution in [1.82, 2.24) is 5.32 Å². The maximum absolute atomic E-state index is 12.5. The number of hydrogen-bond acceptors (Lipinski definition) is 5. The van der Waals surface area contributed by atoms with Gasteiger partial charge in [0.2, 0.25) is 5.91 Å². The largest absolute Gasteiger partial charge is 0.508 e. The number of amides is 1. The molecule has 0 heterocycles. The van der Waals surface area contributed by atoms with Crippen molar-refractivity contribution in [2.75, 3.05) is 26.4 Å². The van der Waals surface area contributed by atoms with E-state index >= 15 is 0 Å². The van der Waals surface area contributed by atoms with Gasteiger partial charge in [-0.1, -0.05) is 42.5 Å². The summed E-state index contributed by atoms with van der Waals surface area (Å²) in [6, 6.07) is 16.7. The molecule has 1 amide bonds. The third-order valence-electron chi connectivity index (χ3n) is 4.43. The second-order valence-corrected chi connectivity index (χ2v) is 7.06. The topological polar surface area (TPSA) is 88.0 Å². The summed E-state index contributed by atoms with van der Waals surface area (Å²) in [5, 5.41) is 21.3. The molecular formula is C23H31NO5. The summed E-state index contributed by atoms with van der Waals surface area (Å²) in [5.74, 6) is 0.189. The van der Waals surface area contributed by atoms with E-state index in [9.17, 15) is 9.90 Å². The van der Waals surface area contributed by atoms with Crippen LogP contribution in [0.5, 0.6) is 5.75 Å². The summed E-state index contributed by atoms with van der Waals surface area (Å²) in [6.45, 7) is 2.86. The maximum Gasteiger partial charge on any atom is 0.220 e. The highest BCUT2D eigenvalue weighted by molar-refractivity contribution is 5.76. The fourth-order valence-electron chi connectivity index (χ4n) is 2.95. The zero-order chi connectivity index (χ0) is 20.9. The zero-order valence-electron chi connectivity index (χ0n) is 16.9. The summed E-state index contributed by atoms with van der Waals surface area (Å²) >= 11 is 0. The van der Waals surface area contributed by atoms with Crippen LogP contribution in [0, 0.1) is 0 Å². The molecule has 0 radical (unpaired) electrons.